The van der Waals surface area contributed by atoms with E-state index in [-0.39, 0.29) is 17.2 Å². The molecule has 9 heteroatoms. The van der Waals surface area contributed by atoms with Crippen LogP contribution >= 0.6 is 0 Å². The maximum absolute atomic E-state index is 13.7. The lowest BCUT2D eigenvalue weighted by molar-refractivity contribution is -0.140. The Kier molecular flexibility index (Phi) is 4.55. The molecule has 1 aliphatic rings. The van der Waals surface area contributed by atoms with E-state index in [9.17, 15) is 27.2 Å². The van der Waals surface area contributed by atoms with Crippen LogP contribution in [-0.2, 0) is 6.18 Å². The number of carbonyl (C=O) groups is 1. The molecule has 26 heavy (non-hydrogen) atoms. The lowest BCUT2D eigenvalue weighted by Crippen LogP contribution is -2.29. The van der Waals surface area contributed by atoms with Gasteiger partial charge in [-0.3, -0.25) is 9.59 Å². The first-order chi connectivity index (χ1) is 12.1. The fourth-order valence-corrected chi connectivity index (χ4v) is 2.53. The first kappa shape index (κ1) is 18.1. The van der Waals surface area contributed by atoms with Crippen LogP contribution in [0.25, 0.3) is 0 Å². The average molecular weight is 369 g/mol. The van der Waals surface area contributed by atoms with Gasteiger partial charge >= 0.3 is 6.18 Å². The van der Waals surface area contributed by atoms with Crippen LogP contribution in [0.2, 0.25) is 0 Å². The van der Waals surface area contributed by atoms with Gasteiger partial charge in [0.25, 0.3) is 11.5 Å². The van der Waals surface area contributed by atoms with E-state index in [0.29, 0.717) is 11.9 Å². The molecule has 1 heterocycles. The molecule has 0 spiro atoms. The van der Waals surface area contributed by atoms with Crippen LogP contribution in [0.4, 0.5) is 17.6 Å². The molecule has 0 unspecified atom stereocenters. The third kappa shape index (κ3) is 3.92. The van der Waals surface area contributed by atoms with Crippen molar-refractivity contribution in [2.75, 3.05) is 0 Å². The Morgan fingerprint density at radius 2 is 2.00 bits per heavy atom. The minimum atomic E-state index is -4.79. The molecule has 1 atom stereocenters. The number of carbonyl (C=O) groups excluding carboxylic acids is 1. The van der Waals surface area contributed by atoms with Gasteiger partial charge in [-0.2, -0.15) is 13.2 Å². The Balaban J connectivity index is 1.77. The summed E-state index contributed by atoms with van der Waals surface area (Å²) in [7, 11) is 0. The van der Waals surface area contributed by atoms with Gasteiger partial charge < -0.3 is 10.3 Å². The van der Waals surface area contributed by atoms with E-state index in [1.165, 1.54) is 6.92 Å². The van der Waals surface area contributed by atoms with Crippen LogP contribution in [0.15, 0.2) is 29.1 Å². The number of aromatic amines is 1. The average Bonchev–Trinajstić information content (AvgIpc) is 3.37. The topological polar surface area (TPSA) is 74.8 Å². The first-order valence-electron chi connectivity index (χ1n) is 7.94. The summed E-state index contributed by atoms with van der Waals surface area (Å²) in [5.41, 5.74) is -1.75. The van der Waals surface area contributed by atoms with Gasteiger partial charge in [0.2, 0.25) is 0 Å². The van der Waals surface area contributed by atoms with E-state index < -0.39 is 35.1 Å². The molecule has 0 bridgehead atoms. The van der Waals surface area contributed by atoms with Crippen LogP contribution < -0.4 is 10.9 Å². The molecule has 3 rings (SSSR count). The van der Waals surface area contributed by atoms with Crippen molar-refractivity contribution in [1.29, 1.82) is 0 Å². The molecule has 2 N–H and O–H groups in total. The fraction of sp³-hybridized carbons (Fsp3) is 0.353. The zero-order valence-corrected chi connectivity index (χ0v) is 13.7. The van der Waals surface area contributed by atoms with Crippen molar-refractivity contribution in [1.82, 2.24) is 15.3 Å². The predicted octanol–water partition coefficient (Wildman–Crippen LogP) is 3.30. The first-order valence-corrected chi connectivity index (χ1v) is 7.94. The number of nitrogens with zero attached hydrogens (tertiary/aromatic N) is 1. The van der Waals surface area contributed by atoms with Crippen LogP contribution in [0.3, 0.4) is 0 Å². The quantitative estimate of drug-likeness (QED) is 0.812. The van der Waals surface area contributed by atoms with E-state index in [4.69, 9.17) is 0 Å². The molecule has 1 fully saturated rings. The SMILES string of the molecule is C[C@@H](NC(=O)c1cc(=O)[nH]c(C2CC2)n1)c1ccc(C(F)(F)F)c(F)c1. The monoisotopic (exact) mass is 369 g/mol. The molecular formula is C17H15F4N3O2. The van der Waals surface area contributed by atoms with Crippen molar-refractivity contribution in [2.24, 2.45) is 0 Å². The molecule has 1 saturated carbocycles. The summed E-state index contributed by atoms with van der Waals surface area (Å²) in [6.45, 7) is 1.49. The van der Waals surface area contributed by atoms with Crippen molar-refractivity contribution in [3.63, 3.8) is 0 Å². The molecular weight excluding hydrogens is 354 g/mol. The summed E-state index contributed by atoms with van der Waals surface area (Å²) >= 11 is 0. The van der Waals surface area contributed by atoms with Gasteiger partial charge in [0, 0.05) is 12.0 Å². The lowest BCUT2D eigenvalue weighted by Gasteiger charge is -2.16. The van der Waals surface area contributed by atoms with E-state index in [2.05, 4.69) is 15.3 Å². The van der Waals surface area contributed by atoms with Gasteiger partial charge in [0.1, 0.15) is 17.3 Å². The van der Waals surface area contributed by atoms with E-state index in [1.54, 1.807) is 0 Å². The normalized spacial score (nSPS) is 15.6. The minimum Gasteiger partial charge on any atom is -0.344 e. The van der Waals surface area contributed by atoms with E-state index in [0.717, 1.165) is 31.0 Å². The predicted molar refractivity (Wildman–Crippen MR) is 84.1 cm³/mol. The van der Waals surface area contributed by atoms with Crippen LogP contribution in [-0.4, -0.2) is 15.9 Å². The maximum atomic E-state index is 13.7. The number of rotatable bonds is 4. The summed E-state index contributed by atoms with van der Waals surface area (Å²) in [4.78, 5) is 30.6. The van der Waals surface area contributed by atoms with Gasteiger partial charge in [-0.25, -0.2) is 9.37 Å². The molecule has 1 aromatic heterocycles. The number of halogens is 4. The summed E-state index contributed by atoms with van der Waals surface area (Å²) in [6.07, 6.45) is -3.02. The second-order valence-corrected chi connectivity index (χ2v) is 6.22. The van der Waals surface area contributed by atoms with E-state index >= 15 is 0 Å². The van der Waals surface area contributed by atoms with Gasteiger partial charge in [0.15, 0.2) is 0 Å². The smallest absolute Gasteiger partial charge is 0.344 e. The standard InChI is InChI=1S/C17H15F4N3O2/c1-8(10-4-5-11(12(18)6-10)17(19,20)21)22-16(26)13-7-14(25)24-15(23-13)9-2-3-9/h4-9H,2-3H2,1H3,(H,22,26)(H,23,24,25)/t8-/m1/s1. The Labute approximate surface area is 145 Å². The maximum Gasteiger partial charge on any atom is 0.419 e. The fourth-order valence-electron chi connectivity index (χ4n) is 2.53. The molecule has 1 aliphatic carbocycles. The van der Waals surface area contributed by atoms with E-state index in [1.807, 2.05) is 0 Å². The summed E-state index contributed by atoms with van der Waals surface area (Å²) < 4.78 is 51.5. The third-order valence-electron chi connectivity index (χ3n) is 4.10. The lowest BCUT2D eigenvalue weighted by atomic mass is 10.0. The highest BCUT2D eigenvalue weighted by Crippen LogP contribution is 2.37. The van der Waals surface area contributed by atoms with Crippen LogP contribution in [0.5, 0.6) is 0 Å². The van der Waals surface area contributed by atoms with Crippen molar-refractivity contribution in [2.45, 2.75) is 37.9 Å². The number of alkyl halides is 3. The number of benzene rings is 1. The summed E-state index contributed by atoms with van der Waals surface area (Å²) in [5, 5.41) is 2.51. The third-order valence-corrected chi connectivity index (χ3v) is 4.10. The van der Waals surface area contributed by atoms with Crippen LogP contribution in [0.1, 0.15) is 59.2 Å². The molecule has 0 saturated heterocycles. The number of nitrogens with one attached hydrogen (secondary N) is 2. The van der Waals surface area contributed by atoms with Gasteiger partial charge in [-0.1, -0.05) is 6.07 Å². The van der Waals surface area contributed by atoms with Crippen molar-refractivity contribution >= 4 is 5.91 Å². The van der Waals surface area contributed by atoms with Crippen molar-refractivity contribution in [3.8, 4) is 0 Å². The van der Waals surface area contributed by atoms with Crippen molar-refractivity contribution < 1.29 is 22.4 Å². The van der Waals surface area contributed by atoms with Gasteiger partial charge in [-0.15, -0.1) is 0 Å². The molecule has 1 aromatic carbocycles. The molecule has 2 aromatic rings. The van der Waals surface area contributed by atoms with Gasteiger partial charge in [-0.05, 0) is 37.5 Å². The molecule has 0 aliphatic heterocycles. The van der Waals surface area contributed by atoms with Crippen molar-refractivity contribution in [3.05, 3.63) is 63.1 Å². The highest BCUT2D eigenvalue weighted by atomic mass is 19.4. The number of aromatic nitrogens is 2. The Hall–Kier alpha value is -2.71. The Morgan fingerprint density at radius 3 is 2.58 bits per heavy atom. The number of hydrogen-bond donors (Lipinski definition) is 2. The largest absolute Gasteiger partial charge is 0.419 e. The highest BCUT2D eigenvalue weighted by molar-refractivity contribution is 5.92. The van der Waals surface area contributed by atoms with Gasteiger partial charge in [0.05, 0.1) is 11.6 Å². The Morgan fingerprint density at radius 1 is 1.31 bits per heavy atom. The van der Waals surface area contributed by atoms with Crippen LogP contribution in [0, 0.1) is 5.82 Å². The summed E-state index contributed by atoms with van der Waals surface area (Å²) in [5.74, 6) is -1.50. The number of H-pyrrole nitrogens is 1. The number of amides is 1. The number of hydrogen-bond acceptors (Lipinski definition) is 3. The highest BCUT2D eigenvalue weighted by Gasteiger charge is 2.34. The molecule has 0 radical (unpaired) electrons. The molecule has 1 amide bonds. The summed E-state index contributed by atoms with van der Waals surface area (Å²) in [6, 6.07) is 2.72. The second-order valence-electron chi connectivity index (χ2n) is 6.22. The zero-order valence-electron chi connectivity index (χ0n) is 13.7. The Bertz CT molecular complexity index is 904. The molecule has 138 valence electrons. The zero-order chi connectivity index (χ0) is 19.1. The minimum absolute atomic E-state index is 0.0881. The second kappa shape index (κ2) is 6.54. The molecule has 5 nitrogen and oxygen atoms in total.